The summed E-state index contributed by atoms with van der Waals surface area (Å²) in [5.41, 5.74) is 0.684. The van der Waals surface area contributed by atoms with Crippen LogP contribution in [0.25, 0.3) is 0 Å². The lowest BCUT2D eigenvalue weighted by atomic mass is 10.3. The van der Waals surface area contributed by atoms with Gasteiger partial charge in [0.1, 0.15) is 5.02 Å². The van der Waals surface area contributed by atoms with Crippen LogP contribution in [0, 0.1) is 6.92 Å². The summed E-state index contributed by atoms with van der Waals surface area (Å²) in [7, 11) is 0. The van der Waals surface area contributed by atoms with Crippen molar-refractivity contribution >= 4 is 23.2 Å². The maximum absolute atomic E-state index is 5.76. The maximum atomic E-state index is 5.76. The Morgan fingerprint density at radius 3 is 2.40 bits per heavy atom. The zero-order chi connectivity index (χ0) is 7.72. The van der Waals surface area contributed by atoms with Gasteiger partial charge in [-0.25, -0.2) is 0 Å². The number of aryl methyl sites for hydroxylation is 1. The number of alkyl halides is 1. The Kier molecular flexibility index (Phi) is 2.21. The van der Waals surface area contributed by atoms with Crippen molar-refractivity contribution in [2.75, 3.05) is 0 Å². The second kappa shape index (κ2) is 2.81. The second-order valence-electron chi connectivity index (χ2n) is 2.06. The molecule has 1 unspecified atom stereocenters. The van der Waals surface area contributed by atoms with Crippen LogP contribution < -0.4 is 0 Å². The third-order valence-corrected chi connectivity index (χ3v) is 1.83. The van der Waals surface area contributed by atoms with Gasteiger partial charge >= 0.3 is 0 Å². The van der Waals surface area contributed by atoms with Crippen molar-refractivity contribution in [2.45, 2.75) is 19.2 Å². The monoisotopic (exact) mass is 179 g/mol. The van der Waals surface area contributed by atoms with Crippen LogP contribution in [0.1, 0.15) is 23.8 Å². The zero-order valence-electron chi connectivity index (χ0n) is 5.69. The second-order valence-corrected chi connectivity index (χ2v) is 3.09. The molecule has 1 aromatic heterocycles. The lowest BCUT2D eigenvalue weighted by molar-refractivity contribution is 0.380. The summed E-state index contributed by atoms with van der Waals surface area (Å²) < 4.78 is 4.84. The highest BCUT2D eigenvalue weighted by molar-refractivity contribution is 6.33. The Morgan fingerprint density at radius 2 is 2.20 bits per heavy atom. The lowest BCUT2D eigenvalue weighted by Gasteiger charge is -1.93. The van der Waals surface area contributed by atoms with Gasteiger partial charge in [-0.05, 0) is 13.8 Å². The minimum absolute atomic E-state index is 0.214. The van der Waals surface area contributed by atoms with E-state index in [9.17, 15) is 0 Å². The van der Waals surface area contributed by atoms with E-state index in [4.69, 9.17) is 27.7 Å². The largest absolute Gasteiger partial charge is 0.358 e. The van der Waals surface area contributed by atoms with Gasteiger partial charge in [-0.3, -0.25) is 0 Å². The van der Waals surface area contributed by atoms with Gasteiger partial charge < -0.3 is 4.52 Å². The topological polar surface area (TPSA) is 26.0 Å². The van der Waals surface area contributed by atoms with E-state index in [0.717, 1.165) is 0 Å². The first-order valence-electron chi connectivity index (χ1n) is 2.88. The number of halogens is 2. The molecular formula is C6H7Cl2NO. The van der Waals surface area contributed by atoms with Gasteiger partial charge in [0.05, 0.1) is 11.1 Å². The normalized spacial score (nSPS) is 13.6. The molecule has 0 aliphatic heterocycles. The van der Waals surface area contributed by atoms with E-state index >= 15 is 0 Å². The van der Waals surface area contributed by atoms with Gasteiger partial charge in [0.25, 0.3) is 0 Å². The average molecular weight is 180 g/mol. The first kappa shape index (κ1) is 7.89. The quantitative estimate of drug-likeness (QED) is 0.621. The number of rotatable bonds is 1. The van der Waals surface area contributed by atoms with Gasteiger partial charge in [0.2, 0.25) is 0 Å². The van der Waals surface area contributed by atoms with E-state index in [2.05, 4.69) is 5.16 Å². The number of hydrogen-bond acceptors (Lipinski definition) is 2. The van der Waals surface area contributed by atoms with Gasteiger partial charge in [-0.2, -0.15) is 0 Å². The van der Waals surface area contributed by atoms with E-state index in [1.165, 1.54) is 0 Å². The molecule has 0 aliphatic carbocycles. The van der Waals surface area contributed by atoms with Gasteiger partial charge in [0, 0.05) is 0 Å². The Labute approximate surface area is 69.1 Å². The van der Waals surface area contributed by atoms with E-state index in [0.29, 0.717) is 16.5 Å². The SMILES string of the molecule is Cc1noc(C(C)Cl)c1Cl. The summed E-state index contributed by atoms with van der Waals surface area (Å²) >= 11 is 11.5. The predicted octanol–water partition coefficient (Wildman–Crippen LogP) is 2.94. The third kappa shape index (κ3) is 1.27. The minimum Gasteiger partial charge on any atom is -0.358 e. The van der Waals surface area contributed by atoms with Crippen LogP contribution in [-0.2, 0) is 0 Å². The van der Waals surface area contributed by atoms with Crippen molar-refractivity contribution < 1.29 is 4.52 Å². The first-order valence-corrected chi connectivity index (χ1v) is 3.70. The Hall–Kier alpha value is -0.210. The van der Waals surface area contributed by atoms with Crippen LogP contribution in [0.4, 0.5) is 0 Å². The van der Waals surface area contributed by atoms with Crippen LogP contribution in [0.15, 0.2) is 4.52 Å². The molecule has 1 aromatic rings. The molecule has 1 atom stereocenters. The molecule has 0 bridgehead atoms. The standard InChI is InChI=1S/C6H7Cl2NO/c1-3(7)6-5(8)4(2)9-10-6/h3H,1-2H3. The van der Waals surface area contributed by atoms with Crippen molar-refractivity contribution in [3.8, 4) is 0 Å². The fourth-order valence-corrected chi connectivity index (χ4v) is 1.06. The fraction of sp³-hybridized carbons (Fsp3) is 0.500. The zero-order valence-corrected chi connectivity index (χ0v) is 7.20. The summed E-state index contributed by atoms with van der Waals surface area (Å²) in [5, 5.41) is 3.96. The molecule has 0 spiro atoms. The van der Waals surface area contributed by atoms with Gasteiger partial charge in [-0.1, -0.05) is 16.8 Å². The molecule has 0 aromatic carbocycles. The number of aromatic nitrogens is 1. The number of nitrogens with zero attached hydrogens (tertiary/aromatic N) is 1. The van der Waals surface area contributed by atoms with E-state index < -0.39 is 0 Å². The molecule has 1 rings (SSSR count). The summed E-state index contributed by atoms with van der Waals surface area (Å²) in [4.78, 5) is 0. The van der Waals surface area contributed by atoms with Crippen LogP contribution >= 0.6 is 23.2 Å². The molecule has 4 heteroatoms. The molecule has 0 radical (unpaired) electrons. The highest BCUT2D eigenvalue weighted by Gasteiger charge is 2.14. The first-order chi connectivity index (χ1) is 4.63. The Bertz CT molecular complexity index is 232. The van der Waals surface area contributed by atoms with Gasteiger partial charge in [0.15, 0.2) is 5.76 Å². The summed E-state index contributed by atoms with van der Waals surface area (Å²) in [6.45, 7) is 3.56. The minimum atomic E-state index is -0.214. The van der Waals surface area contributed by atoms with Crippen LogP contribution in [0.3, 0.4) is 0 Å². The third-order valence-electron chi connectivity index (χ3n) is 1.18. The highest BCUT2D eigenvalue weighted by Crippen LogP contribution is 2.29. The molecule has 0 N–H and O–H groups in total. The fourth-order valence-electron chi connectivity index (χ4n) is 0.623. The molecule has 1 heterocycles. The average Bonchev–Trinajstić information content (AvgIpc) is 2.14. The Morgan fingerprint density at radius 1 is 1.60 bits per heavy atom. The predicted molar refractivity (Wildman–Crippen MR) is 40.5 cm³/mol. The maximum Gasteiger partial charge on any atom is 0.173 e. The van der Waals surface area contributed by atoms with Crippen molar-refractivity contribution in [1.82, 2.24) is 5.16 Å². The van der Waals surface area contributed by atoms with E-state index in [-0.39, 0.29) is 5.38 Å². The molecule has 0 saturated carbocycles. The molecule has 0 amide bonds. The van der Waals surface area contributed by atoms with Crippen LogP contribution in [0.5, 0.6) is 0 Å². The molecular weight excluding hydrogens is 173 g/mol. The molecule has 56 valence electrons. The summed E-state index contributed by atoms with van der Waals surface area (Å²) in [6.07, 6.45) is 0. The van der Waals surface area contributed by atoms with Gasteiger partial charge in [-0.15, -0.1) is 11.6 Å². The summed E-state index contributed by atoms with van der Waals surface area (Å²) in [6, 6.07) is 0. The number of hydrogen-bond donors (Lipinski definition) is 0. The summed E-state index contributed by atoms with van der Waals surface area (Å²) in [5.74, 6) is 0.542. The smallest absolute Gasteiger partial charge is 0.173 e. The van der Waals surface area contributed by atoms with Crippen LogP contribution in [-0.4, -0.2) is 5.16 Å². The van der Waals surface area contributed by atoms with Crippen molar-refractivity contribution in [3.05, 3.63) is 16.5 Å². The van der Waals surface area contributed by atoms with Crippen molar-refractivity contribution in [3.63, 3.8) is 0 Å². The van der Waals surface area contributed by atoms with E-state index in [1.807, 2.05) is 0 Å². The molecule has 0 saturated heterocycles. The lowest BCUT2D eigenvalue weighted by Crippen LogP contribution is -1.79. The van der Waals surface area contributed by atoms with Crippen LogP contribution in [0.2, 0.25) is 5.02 Å². The molecule has 0 fully saturated rings. The molecule has 2 nitrogen and oxygen atoms in total. The molecule has 0 aliphatic rings. The van der Waals surface area contributed by atoms with Crippen molar-refractivity contribution in [1.29, 1.82) is 0 Å². The van der Waals surface area contributed by atoms with E-state index in [1.54, 1.807) is 13.8 Å². The Balaban J connectivity index is 3.05. The highest BCUT2D eigenvalue weighted by atomic mass is 35.5. The van der Waals surface area contributed by atoms with Crippen molar-refractivity contribution in [2.24, 2.45) is 0 Å². The molecule has 10 heavy (non-hydrogen) atoms.